The molecule has 0 bridgehead atoms. The Bertz CT molecular complexity index is 819. The fourth-order valence-corrected chi connectivity index (χ4v) is 3.82. The Hall–Kier alpha value is -2.24. The van der Waals surface area contributed by atoms with Gasteiger partial charge in [0.25, 0.3) is 0 Å². The number of Topliss-reactive ketones (excluding diaryl/α,β-unsaturated/α-hetero) is 1. The van der Waals surface area contributed by atoms with Gasteiger partial charge in [-0.3, -0.25) is 4.79 Å². The van der Waals surface area contributed by atoms with Crippen molar-refractivity contribution in [3.05, 3.63) is 65.5 Å². The van der Waals surface area contributed by atoms with Crippen LogP contribution < -0.4 is 4.74 Å². The second kappa shape index (κ2) is 9.71. The maximum Gasteiger partial charge on any atom is 0.166 e. The van der Waals surface area contributed by atoms with Crippen molar-refractivity contribution < 1.29 is 19.0 Å². The average molecular weight is 414 g/mol. The van der Waals surface area contributed by atoms with E-state index in [-0.39, 0.29) is 29.5 Å². The third-order valence-corrected chi connectivity index (χ3v) is 5.72. The Balaban J connectivity index is 1.41. The molecule has 1 unspecified atom stereocenters. The first-order chi connectivity index (χ1) is 14.2. The van der Waals surface area contributed by atoms with Gasteiger partial charge < -0.3 is 14.7 Å². The summed E-state index contributed by atoms with van der Waals surface area (Å²) in [7, 11) is 0. The van der Waals surface area contributed by atoms with Crippen LogP contribution in [0.15, 0.2) is 48.5 Å². The Kier molecular flexibility index (Phi) is 7.27. The molecular formula is C25H32FNO3. The highest BCUT2D eigenvalue weighted by atomic mass is 19.1. The van der Waals surface area contributed by atoms with Crippen LogP contribution in [-0.2, 0) is 5.41 Å². The highest BCUT2D eigenvalue weighted by molar-refractivity contribution is 5.97. The maximum atomic E-state index is 13.0. The number of halogens is 1. The van der Waals surface area contributed by atoms with Crippen molar-refractivity contribution in [2.24, 2.45) is 5.92 Å². The lowest BCUT2D eigenvalue weighted by Crippen LogP contribution is -2.42. The highest BCUT2D eigenvalue weighted by Crippen LogP contribution is 2.25. The van der Waals surface area contributed by atoms with E-state index in [1.807, 2.05) is 12.1 Å². The van der Waals surface area contributed by atoms with Crippen molar-refractivity contribution in [2.45, 2.75) is 45.1 Å². The van der Waals surface area contributed by atoms with Gasteiger partial charge in [-0.2, -0.15) is 0 Å². The molecule has 1 saturated heterocycles. The van der Waals surface area contributed by atoms with Crippen LogP contribution in [-0.4, -0.2) is 48.1 Å². The van der Waals surface area contributed by atoms with E-state index in [9.17, 15) is 14.3 Å². The number of nitrogens with zero attached hydrogens (tertiary/aromatic N) is 1. The largest absolute Gasteiger partial charge is 0.491 e. The van der Waals surface area contributed by atoms with Gasteiger partial charge >= 0.3 is 0 Å². The minimum absolute atomic E-state index is 0.0403. The summed E-state index contributed by atoms with van der Waals surface area (Å²) in [6, 6.07) is 13.8. The number of hydrogen-bond acceptors (Lipinski definition) is 4. The molecule has 3 rings (SSSR count). The van der Waals surface area contributed by atoms with Crippen molar-refractivity contribution in [1.82, 2.24) is 4.90 Å². The van der Waals surface area contributed by atoms with Gasteiger partial charge in [0.15, 0.2) is 5.78 Å². The number of ether oxygens (including phenoxy) is 1. The predicted octanol–water partition coefficient (Wildman–Crippen LogP) is 4.46. The highest BCUT2D eigenvalue weighted by Gasteiger charge is 2.26. The van der Waals surface area contributed by atoms with E-state index in [0.717, 1.165) is 31.7 Å². The van der Waals surface area contributed by atoms with E-state index in [2.05, 4.69) is 37.8 Å². The lowest BCUT2D eigenvalue weighted by molar-refractivity contribution is 0.0524. The monoisotopic (exact) mass is 413 g/mol. The number of aliphatic hydroxyl groups is 1. The fraction of sp³-hybridized carbons (Fsp3) is 0.480. The van der Waals surface area contributed by atoms with Crippen LogP contribution in [0.25, 0.3) is 0 Å². The predicted molar refractivity (Wildman–Crippen MR) is 117 cm³/mol. The molecule has 0 spiro atoms. The van der Waals surface area contributed by atoms with Gasteiger partial charge in [0.05, 0.1) is 0 Å². The third kappa shape index (κ3) is 6.13. The number of piperidine rings is 1. The molecule has 1 aliphatic rings. The first-order valence-corrected chi connectivity index (χ1v) is 10.7. The standard InChI is InChI=1S/C25H32FNO3/c1-25(2,3)20-6-10-23(11-7-20)30-17-22(28)16-27-14-12-19(13-15-27)24(29)18-4-8-21(26)9-5-18/h4-11,19,22,28H,12-17H2,1-3H3. The van der Waals surface area contributed by atoms with Gasteiger partial charge in [-0.1, -0.05) is 32.9 Å². The van der Waals surface area contributed by atoms with E-state index in [1.165, 1.54) is 17.7 Å². The number of β-amino-alcohol motifs (C(OH)–C–C–N with tert-alkyl or cyclic N) is 1. The Morgan fingerprint density at radius 1 is 1.10 bits per heavy atom. The maximum absolute atomic E-state index is 13.0. The zero-order valence-corrected chi connectivity index (χ0v) is 18.1. The molecule has 0 amide bonds. The Morgan fingerprint density at radius 2 is 1.70 bits per heavy atom. The molecule has 0 radical (unpaired) electrons. The normalized spacial score (nSPS) is 17.0. The minimum atomic E-state index is -0.586. The molecule has 162 valence electrons. The minimum Gasteiger partial charge on any atom is -0.491 e. The summed E-state index contributed by atoms with van der Waals surface area (Å²) in [5.41, 5.74) is 1.91. The smallest absolute Gasteiger partial charge is 0.166 e. The van der Waals surface area contributed by atoms with Crippen LogP contribution in [0.5, 0.6) is 5.75 Å². The van der Waals surface area contributed by atoms with Gasteiger partial charge in [-0.15, -0.1) is 0 Å². The number of rotatable bonds is 7. The van der Waals surface area contributed by atoms with Crippen molar-refractivity contribution in [2.75, 3.05) is 26.2 Å². The SMILES string of the molecule is CC(C)(C)c1ccc(OCC(O)CN2CCC(C(=O)c3ccc(F)cc3)CC2)cc1. The number of benzene rings is 2. The molecule has 1 fully saturated rings. The summed E-state index contributed by atoms with van der Waals surface area (Å²) >= 11 is 0. The zero-order chi connectivity index (χ0) is 21.7. The molecule has 4 nitrogen and oxygen atoms in total. The van der Waals surface area contributed by atoms with Crippen LogP contribution in [0.4, 0.5) is 4.39 Å². The number of likely N-dealkylation sites (tertiary alicyclic amines) is 1. The number of carbonyl (C=O) groups is 1. The molecule has 5 heteroatoms. The first kappa shape index (κ1) is 22.4. The molecular weight excluding hydrogens is 381 g/mol. The van der Waals surface area contributed by atoms with Crippen molar-refractivity contribution in [3.63, 3.8) is 0 Å². The number of hydrogen-bond donors (Lipinski definition) is 1. The summed E-state index contributed by atoms with van der Waals surface area (Å²) in [5.74, 6) is 0.465. The summed E-state index contributed by atoms with van der Waals surface area (Å²) in [6.45, 7) is 8.79. The van der Waals surface area contributed by atoms with Gasteiger partial charge in [0, 0.05) is 18.0 Å². The molecule has 0 aliphatic carbocycles. The number of ketones is 1. The van der Waals surface area contributed by atoms with Gasteiger partial charge in [-0.05, 0) is 73.3 Å². The first-order valence-electron chi connectivity index (χ1n) is 10.7. The van der Waals surface area contributed by atoms with E-state index in [1.54, 1.807) is 12.1 Å². The molecule has 0 aromatic heterocycles. The van der Waals surface area contributed by atoms with E-state index in [0.29, 0.717) is 12.1 Å². The van der Waals surface area contributed by atoms with Crippen molar-refractivity contribution in [3.8, 4) is 5.75 Å². The van der Waals surface area contributed by atoms with Crippen LogP contribution >= 0.6 is 0 Å². The molecule has 2 aromatic carbocycles. The van der Waals surface area contributed by atoms with Crippen molar-refractivity contribution >= 4 is 5.78 Å². The number of aliphatic hydroxyl groups excluding tert-OH is 1. The Labute approximate surface area is 178 Å². The molecule has 1 N–H and O–H groups in total. The van der Waals surface area contributed by atoms with Crippen LogP contribution in [0.3, 0.4) is 0 Å². The summed E-state index contributed by atoms with van der Waals surface area (Å²) in [4.78, 5) is 14.7. The quantitative estimate of drug-likeness (QED) is 0.681. The number of carbonyl (C=O) groups excluding carboxylic acids is 1. The summed E-state index contributed by atoms with van der Waals surface area (Å²) < 4.78 is 18.8. The van der Waals surface area contributed by atoms with E-state index < -0.39 is 6.10 Å². The van der Waals surface area contributed by atoms with Gasteiger partial charge in [0.1, 0.15) is 24.3 Å². The summed E-state index contributed by atoms with van der Waals surface area (Å²) in [5, 5.41) is 10.4. The molecule has 30 heavy (non-hydrogen) atoms. The molecule has 2 aromatic rings. The second-order valence-electron chi connectivity index (χ2n) is 9.19. The lowest BCUT2D eigenvalue weighted by Gasteiger charge is -2.32. The van der Waals surface area contributed by atoms with Gasteiger partial charge in [0.2, 0.25) is 0 Å². The fourth-order valence-electron chi connectivity index (χ4n) is 3.82. The van der Waals surface area contributed by atoms with Crippen molar-refractivity contribution in [1.29, 1.82) is 0 Å². The van der Waals surface area contributed by atoms with E-state index >= 15 is 0 Å². The molecule has 1 atom stereocenters. The lowest BCUT2D eigenvalue weighted by atomic mass is 9.87. The zero-order valence-electron chi connectivity index (χ0n) is 18.1. The Morgan fingerprint density at radius 3 is 2.27 bits per heavy atom. The molecule has 1 aliphatic heterocycles. The molecule has 0 saturated carbocycles. The van der Waals surface area contributed by atoms with Gasteiger partial charge in [-0.25, -0.2) is 4.39 Å². The van der Waals surface area contributed by atoms with Crippen LogP contribution in [0, 0.1) is 11.7 Å². The third-order valence-electron chi connectivity index (χ3n) is 5.72. The van der Waals surface area contributed by atoms with E-state index in [4.69, 9.17) is 4.74 Å². The van der Waals surface area contributed by atoms with Crippen LogP contribution in [0.1, 0.15) is 49.5 Å². The second-order valence-corrected chi connectivity index (χ2v) is 9.19. The summed E-state index contributed by atoms with van der Waals surface area (Å²) in [6.07, 6.45) is 0.910. The molecule has 1 heterocycles. The average Bonchev–Trinajstić information content (AvgIpc) is 2.72. The van der Waals surface area contributed by atoms with Crippen LogP contribution in [0.2, 0.25) is 0 Å². The topological polar surface area (TPSA) is 49.8 Å².